The van der Waals surface area contributed by atoms with Gasteiger partial charge in [-0.15, -0.1) is 0 Å². The van der Waals surface area contributed by atoms with Gasteiger partial charge in [-0.25, -0.2) is 0 Å². The number of carbonyl (C=O) groups is 2. The summed E-state index contributed by atoms with van der Waals surface area (Å²) < 4.78 is -0.645. The fraction of sp³-hybridized carbons (Fsp3) is 0.778. The van der Waals surface area contributed by atoms with Gasteiger partial charge in [-0.05, 0) is 27.7 Å². The molecule has 0 aromatic heterocycles. The van der Waals surface area contributed by atoms with E-state index in [-0.39, 0.29) is 11.8 Å². The Balaban J connectivity index is 4.13. The molecule has 0 rings (SSSR count). The van der Waals surface area contributed by atoms with Gasteiger partial charge in [0.2, 0.25) is 11.8 Å². The minimum absolute atomic E-state index is 0.169. The fourth-order valence-electron chi connectivity index (χ4n) is 0.761. The molecule has 2 N–H and O–H groups in total. The van der Waals surface area contributed by atoms with E-state index in [1.807, 2.05) is 6.92 Å². The minimum Gasteiger partial charge on any atom is -0.355 e. The molecule has 14 heavy (non-hydrogen) atoms. The molecule has 1 atom stereocenters. The van der Waals surface area contributed by atoms with Gasteiger partial charge in [-0.1, -0.05) is 15.9 Å². The molecule has 0 aliphatic carbocycles. The van der Waals surface area contributed by atoms with Crippen LogP contribution in [0.4, 0.5) is 0 Å². The quantitative estimate of drug-likeness (QED) is 0.739. The van der Waals surface area contributed by atoms with E-state index in [0.29, 0.717) is 6.54 Å². The highest BCUT2D eigenvalue weighted by molar-refractivity contribution is 9.10. The average Bonchev–Trinajstić information content (AvgIpc) is 2.02. The first-order chi connectivity index (χ1) is 6.29. The Morgan fingerprint density at radius 1 is 1.43 bits per heavy atom. The maximum absolute atomic E-state index is 11.4. The summed E-state index contributed by atoms with van der Waals surface area (Å²) in [6.07, 6.45) is 0. The molecule has 0 saturated heterocycles. The molecule has 0 aliphatic heterocycles. The van der Waals surface area contributed by atoms with E-state index in [1.165, 1.54) is 0 Å². The highest BCUT2D eigenvalue weighted by Crippen LogP contribution is 2.15. The molecule has 0 heterocycles. The summed E-state index contributed by atoms with van der Waals surface area (Å²) in [7, 11) is 0. The zero-order valence-electron chi connectivity index (χ0n) is 8.98. The van der Waals surface area contributed by atoms with Crippen molar-refractivity contribution in [3.63, 3.8) is 0 Å². The van der Waals surface area contributed by atoms with Crippen LogP contribution in [0.2, 0.25) is 0 Å². The lowest BCUT2D eigenvalue weighted by molar-refractivity contribution is -0.129. The molecule has 0 aromatic carbocycles. The predicted molar refractivity (Wildman–Crippen MR) is 59.3 cm³/mol. The third-order valence-corrected chi connectivity index (χ3v) is 1.99. The number of alkyl halides is 1. The molecule has 0 spiro atoms. The predicted octanol–water partition coefficient (Wildman–Crippen LogP) is 0.801. The van der Waals surface area contributed by atoms with Crippen LogP contribution in [-0.4, -0.2) is 28.7 Å². The van der Waals surface area contributed by atoms with Crippen molar-refractivity contribution in [1.82, 2.24) is 10.6 Å². The van der Waals surface area contributed by atoms with Crippen molar-refractivity contribution in [3.8, 4) is 0 Å². The van der Waals surface area contributed by atoms with Gasteiger partial charge < -0.3 is 10.6 Å². The molecule has 0 saturated carbocycles. The molecule has 0 aromatic rings. The molecule has 0 fully saturated rings. The minimum atomic E-state index is -0.645. The van der Waals surface area contributed by atoms with Crippen LogP contribution in [0.25, 0.3) is 0 Å². The standard InChI is InChI=1S/C9H17BrN2O2/c1-5-11-7(13)6(2)12-8(14)9(3,4)10/h6H,5H2,1-4H3,(H,11,13)(H,12,14). The molecule has 0 radical (unpaired) electrons. The number of halogens is 1. The molecular formula is C9H17BrN2O2. The Hall–Kier alpha value is -0.580. The largest absolute Gasteiger partial charge is 0.355 e. The van der Waals surface area contributed by atoms with Gasteiger partial charge in [0.15, 0.2) is 0 Å². The van der Waals surface area contributed by atoms with Crippen molar-refractivity contribution < 1.29 is 9.59 Å². The summed E-state index contributed by atoms with van der Waals surface area (Å²) >= 11 is 3.22. The van der Waals surface area contributed by atoms with Crippen LogP contribution in [0.15, 0.2) is 0 Å². The second-order valence-electron chi connectivity index (χ2n) is 3.56. The van der Waals surface area contributed by atoms with E-state index in [1.54, 1.807) is 20.8 Å². The normalized spacial score (nSPS) is 13.2. The van der Waals surface area contributed by atoms with Crippen LogP contribution >= 0.6 is 15.9 Å². The Labute approximate surface area is 92.9 Å². The van der Waals surface area contributed by atoms with E-state index >= 15 is 0 Å². The smallest absolute Gasteiger partial charge is 0.242 e. The van der Waals surface area contributed by atoms with Crippen LogP contribution in [0.3, 0.4) is 0 Å². The summed E-state index contributed by atoms with van der Waals surface area (Å²) in [6.45, 7) is 7.51. The molecule has 0 bridgehead atoms. The lowest BCUT2D eigenvalue weighted by atomic mass is 10.2. The first-order valence-corrected chi connectivity index (χ1v) is 5.36. The van der Waals surface area contributed by atoms with Crippen LogP contribution in [0.5, 0.6) is 0 Å². The van der Waals surface area contributed by atoms with Crippen LogP contribution in [0.1, 0.15) is 27.7 Å². The maximum atomic E-state index is 11.4. The van der Waals surface area contributed by atoms with Gasteiger partial charge in [-0.3, -0.25) is 9.59 Å². The molecule has 2 amide bonds. The maximum Gasteiger partial charge on any atom is 0.242 e. The van der Waals surface area contributed by atoms with Crippen LogP contribution in [0, 0.1) is 0 Å². The zero-order chi connectivity index (χ0) is 11.4. The molecule has 82 valence electrons. The van der Waals surface area contributed by atoms with E-state index < -0.39 is 10.4 Å². The number of rotatable bonds is 4. The second-order valence-corrected chi connectivity index (χ2v) is 5.54. The number of likely N-dealkylation sites (N-methyl/N-ethyl adjacent to an activating group) is 1. The monoisotopic (exact) mass is 264 g/mol. The lowest BCUT2D eigenvalue weighted by Gasteiger charge is -2.19. The molecule has 4 nitrogen and oxygen atoms in total. The van der Waals surface area contributed by atoms with Crippen molar-refractivity contribution in [2.45, 2.75) is 38.1 Å². The van der Waals surface area contributed by atoms with Gasteiger partial charge in [0.25, 0.3) is 0 Å². The Kier molecular flexibility index (Phi) is 5.12. The number of amides is 2. The van der Waals surface area contributed by atoms with E-state index in [9.17, 15) is 9.59 Å². The van der Waals surface area contributed by atoms with Crippen molar-refractivity contribution in [2.75, 3.05) is 6.54 Å². The Morgan fingerprint density at radius 2 is 1.93 bits per heavy atom. The van der Waals surface area contributed by atoms with Crippen molar-refractivity contribution in [3.05, 3.63) is 0 Å². The summed E-state index contributed by atoms with van der Waals surface area (Å²) in [4.78, 5) is 22.7. The van der Waals surface area contributed by atoms with Crippen LogP contribution in [-0.2, 0) is 9.59 Å². The van der Waals surface area contributed by atoms with Gasteiger partial charge in [0.05, 0.1) is 4.32 Å². The molecule has 5 heteroatoms. The van der Waals surface area contributed by atoms with Crippen molar-refractivity contribution >= 4 is 27.7 Å². The number of carbonyl (C=O) groups excluding carboxylic acids is 2. The van der Waals surface area contributed by atoms with Crippen molar-refractivity contribution in [2.24, 2.45) is 0 Å². The highest BCUT2D eigenvalue weighted by Gasteiger charge is 2.26. The lowest BCUT2D eigenvalue weighted by Crippen LogP contribution is -2.49. The summed E-state index contributed by atoms with van der Waals surface area (Å²) in [6, 6.07) is -0.501. The van der Waals surface area contributed by atoms with E-state index in [0.717, 1.165) is 0 Å². The summed E-state index contributed by atoms with van der Waals surface area (Å²) in [5.74, 6) is -0.367. The second kappa shape index (κ2) is 5.34. The summed E-state index contributed by atoms with van der Waals surface area (Å²) in [5.41, 5.74) is 0. The molecule has 0 aliphatic rings. The Bertz CT molecular complexity index is 223. The molecule has 1 unspecified atom stereocenters. The number of hydrogen-bond acceptors (Lipinski definition) is 2. The summed E-state index contributed by atoms with van der Waals surface area (Å²) in [5, 5.41) is 5.24. The van der Waals surface area contributed by atoms with Crippen molar-refractivity contribution in [1.29, 1.82) is 0 Å². The van der Waals surface area contributed by atoms with Gasteiger partial charge >= 0.3 is 0 Å². The number of hydrogen-bond donors (Lipinski definition) is 2. The first kappa shape index (κ1) is 13.4. The third kappa shape index (κ3) is 4.60. The molecular weight excluding hydrogens is 248 g/mol. The van der Waals surface area contributed by atoms with E-state index in [4.69, 9.17) is 0 Å². The number of nitrogens with one attached hydrogen (secondary N) is 2. The fourth-order valence-corrected chi connectivity index (χ4v) is 0.876. The van der Waals surface area contributed by atoms with Gasteiger partial charge in [0.1, 0.15) is 6.04 Å². The topological polar surface area (TPSA) is 58.2 Å². The SMILES string of the molecule is CCNC(=O)C(C)NC(=O)C(C)(C)Br. The van der Waals surface area contributed by atoms with E-state index in [2.05, 4.69) is 26.6 Å². The van der Waals surface area contributed by atoms with Crippen LogP contribution < -0.4 is 10.6 Å². The van der Waals surface area contributed by atoms with Gasteiger partial charge in [0, 0.05) is 6.54 Å². The third-order valence-electron chi connectivity index (χ3n) is 1.63. The Morgan fingerprint density at radius 3 is 2.29 bits per heavy atom. The first-order valence-electron chi connectivity index (χ1n) is 4.56. The van der Waals surface area contributed by atoms with Gasteiger partial charge in [-0.2, -0.15) is 0 Å². The average molecular weight is 265 g/mol. The zero-order valence-corrected chi connectivity index (χ0v) is 10.6. The highest BCUT2D eigenvalue weighted by atomic mass is 79.9.